The summed E-state index contributed by atoms with van der Waals surface area (Å²) >= 11 is 0. The van der Waals surface area contributed by atoms with Crippen molar-refractivity contribution in [3.63, 3.8) is 0 Å². The quantitative estimate of drug-likeness (QED) is 0.875. The van der Waals surface area contributed by atoms with E-state index in [0.29, 0.717) is 17.9 Å². The van der Waals surface area contributed by atoms with Crippen molar-refractivity contribution in [2.24, 2.45) is 0 Å². The number of benzene rings is 1. The highest BCUT2D eigenvalue weighted by molar-refractivity contribution is 5.96. The van der Waals surface area contributed by atoms with Crippen LogP contribution in [-0.2, 0) is 6.42 Å². The Hall–Kier alpha value is -2.30. The van der Waals surface area contributed by atoms with E-state index in [2.05, 4.69) is 15.5 Å². The van der Waals surface area contributed by atoms with Crippen molar-refractivity contribution in [3.8, 4) is 5.75 Å². The monoisotopic (exact) mass is 273 g/mol. The lowest BCUT2D eigenvalue weighted by Gasteiger charge is -2.09. The molecule has 20 heavy (non-hydrogen) atoms. The predicted octanol–water partition coefficient (Wildman–Crippen LogP) is 2.01. The molecule has 1 heterocycles. The van der Waals surface area contributed by atoms with Crippen LogP contribution >= 0.6 is 0 Å². The summed E-state index contributed by atoms with van der Waals surface area (Å²) in [6.45, 7) is 4.51. The van der Waals surface area contributed by atoms with Gasteiger partial charge in [0.2, 0.25) is 0 Å². The van der Waals surface area contributed by atoms with E-state index in [1.54, 1.807) is 19.2 Å². The molecule has 0 bridgehead atoms. The Morgan fingerprint density at radius 2 is 2.10 bits per heavy atom. The fourth-order valence-corrected chi connectivity index (χ4v) is 2.17. The lowest BCUT2D eigenvalue weighted by atomic mass is 10.1. The van der Waals surface area contributed by atoms with E-state index < -0.39 is 0 Å². The fraction of sp³-hybridized carbons (Fsp3) is 0.333. The molecule has 0 radical (unpaired) electrons. The van der Waals surface area contributed by atoms with Crippen molar-refractivity contribution in [1.29, 1.82) is 0 Å². The minimum atomic E-state index is -0.124. The maximum absolute atomic E-state index is 12.1. The maximum atomic E-state index is 12.1. The molecule has 0 spiro atoms. The van der Waals surface area contributed by atoms with Gasteiger partial charge in [-0.2, -0.15) is 5.10 Å². The van der Waals surface area contributed by atoms with Crippen LogP contribution in [-0.4, -0.2) is 29.8 Å². The summed E-state index contributed by atoms with van der Waals surface area (Å²) in [6.07, 6.45) is 0.759. The summed E-state index contributed by atoms with van der Waals surface area (Å²) < 4.78 is 5.18. The zero-order valence-electron chi connectivity index (χ0n) is 12.0. The molecule has 5 nitrogen and oxygen atoms in total. The number of aromatic amines is 1. The number of para-hydroxylation sites is 1. The number of rotatable bonds is 5. The molecule has 0 atom stereocenters. The summed E-state index contributed by atoms with van der Waals surface area (Å²) in [5.74, 6) is 0.460. The van der Waals surface area contributed by atoms with E-state index in [1.807, 2.05) is 26.0 Å². The number of aryl methyl sites for hydroxylation is 2. The first-order chi connectivity index (χ1) is 9.63. The van der Waals surface area contributed by atoms with Gasteiger partial charge in [0.05, 0.1) is 18.4 Å². The van der Waals surface area contributed by atoms with Gasteiger partial charge in [-0.15, -0.1) is 0 Å². The number of nitrogens with one attached hydrogen (secondary N) is 2. The van der Waals surface area contributed by atoms with Crippen LogP contribution in [0.15, 0.2) is 24.3 Å². The Morgan fingerprint density at radius 3 is 2.75 bits per heavy atom. The highest BCUT2D eigenvalue weighted by Crippen LogP contribution is 2.17. The van der Waals surface area contributed by atoms with Gasteiger partial charge in [-0.25, -0.2) is 0 Å². The average molecular weight is 273 g/mol. The van der Waals surface area contributed by atoms with Crippen molar-refractivity contribution < 1.29 is 9.53 Å². The van der Waals surface area contributed by atoms with Gasteiger partial charge in [0.15, 0.2) is 0 Å². The number of nitrogens with zero attached hydrogens (tertiary/aromatic N) is 1. The van der Waals surface area contributed by atoms with Crippen LogP contribution in [0.3, 0.4) is 0 Å². The van der Waals surface area contributed by atoms with Crippen LogP contribution in [0.2, 0.25) is 0 Å². The van der Waals surface area contributed by atoms with Crippen molar-refractivity contribution >= 4 is 5.91 Å². The molecule has 2 N–H and O–H groups in total. The first kappa shape index (κ1) is 14.1. The Morgan fingerprint density at radius 1 is 1.35 bits per heavy atom. The van der Waals surface area contributed by atoms with E-state index in [4.69, 9.17) is 4.74 Å². The summed E-state index contributed by atoms with van der Waals surface area (Å²) in [4.78, 5) is 12.1. The minimum Gasteiger partial charge on any atom is -0.496 e. The van der Waals surface area contributed by atoms with Gasteiger partial charge < -0.3 is 10.1 Å². The Kier molecular flexibility index (Phi) is 4.40. The van der Waals surface area contributed by atoms with Crippen LogP contribution in [0.5, 0.6) is 5.75 Å². The molecule has 2 rings (SSSR count). The highest BCUT2D eigenvalue weighted by atomic mass is 16.5. The molecule has 1 aromatic heterocycles. The van der Waals surface area contributed by atoms with Crippen molar-refractivity contribution in [2.75, 3.05) is 13.7 Å². The van der Waals surface area contributed by atoms with E-state index >= 15 is 0 Å². The number of ether oxygens (including phenoxy) is 1. The largest absolute Gasteiger partial charge is 0.496 e. The summed E-state index contributed by atoms with van der Waals surface area (Å²) in [5.41, 5.74) is 3.74. The molecule has 1 amide bonds. The molecular weight excluding hydrogens is 254 g/mol. The number of hydrogen-bond donors (Lipinski definition) is 2. The minimum absolute atomic E-state index is 0.124. The number of aromatic nitrogens is 2. The summed E-state index contributed by atoms with van der Waals surface area (Å²) in [7, 11) is 1.56. The summed E-state index contributed by atoms with van der Waals surface area (Å²) in [6, 6.07) is 7.19. The van der Waals surface area contributed by atoms with Crippen molar-refractivity contribution in [2.45, 2.75) is 20.3 Å². The molecule has 0 fully saturated rings. The van der Waals surface area contributed by atoms with Crippen LogP contribution in [0.4, 0.5) is 0 Å². The number of methoxy groups -OCH3 is 1. The molecule has 5 heteroatoms. The molecule has 0 saturated carbocycles. The van der Waals surface area contributed by atoms with Crippen LogP contribution in [0, 0.1) is 13.8 Å². The molecule has 0 saturated heterocycles. The Labute approximate surface area is 118 Å². The van der Waals surface area contributed by atoms with Crippen LogP contribution in [0.1, 0.15) is 27.3 Å². The lowest BCUT2D eigenvalue weighted by Crippen LogP contribution is -2.26. The van der Waals surface area contributed by atoms with Gasteiger partial charge in [0.25, 0.3) is 5.91 Å². The zero-order valence-corrected chi connectivity index (χ0v) is 12.0. The summed E-state index contributed by atoms with van der Waals surface area (Å²) in [5, 5.41) is 9.99. The second kappa shape index (κ2) is 6.23. The Bertz CT molecular complexity index is 585. The average Bonchev–Trinajstić information content (AvgIpc) is 2.78. The molecule has 0 aliphatic carbocycles. The third-order valence-corrected chi connectivity index (χ3v) is 3.29. The number of hydrogen-bond acceptors (Lipinski definition) is 3. The Balaban J connectivity index is 1.96. The SMILES string of the molecule is COc1ccccc1C(=O)NCCc1c(C)n[nH]c1C. The van der Waals surface area contributed by atoms with Crippen molar-refractivity contribution in [1.82, 2.24) is 15.5 Å². The number of carbonyl (C=O) groups is 1. The van der Waals surface area contributed by atoms with E-state index in [-0.39, 0.29) is 5.91 Å². The van der Waals surface area contributed by atoms with Crippen LogP contribution < -0.4 is 10.1 Å². The third kappa shape index (κ3) is 2.99. The first-order valence-electron chi connectivity index (χ1n) is 6.55. The molecule has 0 aliphatic heterocycles. The fourth-order valence-electron chi connectivity index (χ4n) is 2.17. The normalized spacial score (nSPS) is 10.3. The molecule has 0 aliphatic rings. The molecule has 106 valence electrons. The number of H-pyrrole nitrogens is 1. The first-order valence-corrected chi connectivity index (χ1v) is 6.55. The smallest absolute Gasteiger partial charge is 0.255 e. The standard InChI is InChI=1S/C15H19N3O2/c1-10-12(11(2)18-17-10)8-9-16-15(19)13-6-4-5-7-14(13)20-3/h4-7H,8-9H2,1-3H3,(H,16,19)(H,17,18). The van der Waals surface area contributed by atoms with Crippen LogP contribution in [0.25, 0.3) is 0 Å². The molecule has 2 aromatic rings. The van der Waals surface area contributed by atoms with Gasteiger partial charge in [-0.05, 0) is 38.0 Å². The second-order valence-corrected chi connectivity index (χ2v) is 4.62. The second-order valence-electron chi connectivity index (χ2n) is 4.62. The highest BCUT2D eigenvalue weighted by Gasteiger charge is 2.11. The van der Waals surface area contributed by atoms with Gasteiger partial charge in [0, 0.05) is 12.2 Å². The number of carbonyl (C=O) groups excluding carboxylic acids is 1. The molecular formula is C15H19N3O2. The predicted molar refractivity (Wildman–Crippen MR) is 77.1 cm³/mol. The van der Waals surface area contributed by atoms with Gasteiger partial charge in [-0.1, -0.05) is 12.1 Å². The maximum Gasteiger partial charge on any atom is 0.255 e. The lowest BCUT2D eigenvalue weighted by molar-refractivity contribution is 0.0951. The van der Waals surface area contributed by atoms with E-state index in [9.17, 15) is 4.79 Å². The zero-order chi connectivity index (χ0) is 14.5. The number of amides is 1. The topological polar surface area (TPSA) is 67.0 Å². The van der Waals surface area contributed by atoms with E-state index in [1.165, 1.54) is 0 Å². The molecule has 0 unspecified atom stereocenters. The van der Waals surface area contributed by atoms with Crippen molar-refractivity contribution in [3.05, 3.63) is 46.8 Å². The van der Waals surface area contributed by atoms with E-state index in [0.717, 1.165) is 23.4 Å². The third-order valence-electron chi connectivity index (χ3n) is 3.29. The van der Waals surface area contributed by atoms with Gasteiger partial charge in [0.1, 0.15) is 5.75 Å². The molecule has 1 aromatic carbocycles. The van der Waals surface area contributed by atoms with Gasteiger partial charge >= 0.3 is 0 Å². The van der Waals surface area contributed by atoms with Gasteiger partial charge in [-0.3, -0.25) is 9.89 Å².